The van der Waals surface area contributed by atoms with Gasteiger partial charge in [-0.05, 0) is 18.2 Å². The molecule has 0 saturated heterocycles. The van der Waals surface area contributed by atoms with Crippen LogP contribution in [0.2, 0.25) is 0 Å². The Morgan fingerprint density at radius 1 is 1.17 bits per heavy atom. The van der Waals surface area contributed by atoms with Crippen molar-refractivity contribution in [1.29, 1.82) is 0 Å². The van der Waals surface area contributed by atoms with E-state index in [1.807, 2.05) is 13.8 Å². The van der Waals surface area contributed by atoms with Crippen LogP contribution in [0.25, 0.3) is 5.82 Å². The van der Waals surface area contributed by atoms with Gasteiger partial charge >= 0.3 is 0 Å². The first kappa shape index (κ1) is 12.2. The van der Waals surface area contributed by atoms with Gasteiger partial charge in [-0.2, -0.15) is 0 Å². The van der Waals surface area contributed by atoms with E-state index in [1.54, 1.807) is 36.5 Å². The van der Waals surface area contributed by atoms with Crippen molar-refractivity contribution in [3.05, 3.63) is 58.6 Å². The number of carbonyl (C=O) groups is 1. The lowest BCUT2D eigenvalue weighted by molar-refractivity contribution is 0.0931. The molecule has 0 aliphatic rings. The first-order valence-corrected chi connectivity index (χ1v) is 5.79. The fourth-order valence-corrected chi connectivity index (χ4v) is 1.70. The number of aromatic nitrogens is 2. The van der Waals surface area contributed by atoms with Crippen LogP contribution in [0.15, 0.2) is 47.4 Å². The van der Waals surface area contributed by atoms with Crippen LogP contribution < -0.4 is 5.56 Å². The van der Waals surface area contributed by atoms with E-state index in [0.717, 1.165) is 0 Å². The van der Waals surface area contributed by atoms with E-state index in [0.29, 0.717) is 11.5 Å². The molecule has 0 aliphatic carbocycles. The van der Waals surface area contributed by atoms with E-state index < -0.39 is 0 Å². The van der Waals surface area contributed by atoms with Crippen molar-refractivity contribution < 1.29 is 4.79 Å². The maximum atomic E-state index is 12.1. The highest BCUT2D eigenvalue weighted by atomic mass is 16.1. The van der Waals surface area contributed by atoms with Crippen LogP contribution in [0, 0.1) is 5.92 Å². The number of nitrogens with zero attached hydrogens (tertiary/aromatic N) is 2. The van der Waals surface area contributed by atoms with Crippen molar-refractivity contribution >= 4 is 5.78 Å². The molecule has 2 rings (SSSR count). The fraction of sp³-hybridized carbons (Fsp3) is 0.214. The molecule has 2 aromatic heterocycles. The number of Topliss-reactive ketones (excluding diaryl/α,β-unsaturated/α-hetero) is 1. The van der Waals surface area contributed by atoms with Gasteiger partial charge in [0.25, 0.3) is 5.56 Å². The molecule has 0 saturated carbocycles. The van der Waals surface area contributed by atoms with Crippen molar-refractivity contribution in [3.8, 4) is 5.82 Å². The van der Waals surface area contributed by atoms with Gasteiger partial charge in [-0.25, -0.2) is 4.98 Å². The Morgan fingerprint density at radius 3 is 2.56 bits per heavy atom. The highest BCUT2D eigenvalue weighted by molar-refractivity contribution is 5.96. The van der Waals surface area contributed by atoms with E-state index in [4.69, 9.17) is 0 Å². The fourth-order valence-electron chi connectivity index (χ4n) is 1.70. The Balaban J connectivity index is 2.67. The van der Waals surface area contributed by atoms with Gasteiger partial charge in [0.1, 0.15) is 5.82 Å². The molecule has 0 atom stereocenters. The van der Waals surface area contributed by atoms with Crippen molar-refractivity contribution in [2.45, 2.75) is 13.8 Å². The molecule has 0 bridgehead atoms. The Kier molecular flexibility index (Phi) is 3.37. The molecule has 4 heteroatoms. The van der Waals surface area contributed by atoms with Crippen molar-refractivity contribution in [2.75, 3.05) is 0 Å². The number of carbonyl (C=O) groups excluding carboxylic acids is 1. The molecular weight excluding hydrogens is 228 g/mol. The van der Waals surface area contributed by atoms with Crippen LogP contribution in [0.1, 0.15) is 24.3 Å². The predicted molar refractivity (Wildman–Crippen MR) is 69.0 cm³/mol. The van der Waals surface area contributed by atoms with Crippen LogP contribution >= 0.6 is 0 Å². The summed E-state index contributed by atoms with van der Waals surface area (Å²) in [5.74, 6) is 0.229. The number of hydrogen-bond donors (Lipinski definition) is 0. The van der Waals surface area contributed by atoms with Gasteiger partial charge in [-0.3, -0.25) is 14.2 Å². The van der Waals surface area contributed by atoms with E-state index in [1.165, 1.54) is 10.6 Å². The van der Waals surface area contributed by atoms with Crippen molar-refractivity contribution in [1.82, 2.24) is 9.55 Å². The summed E-state index contributed by atoms with van der Waals surface area (Å²) in [6.07, 6.45) is 1.60. The summed E-state index contributed by atoms with van der Waals surface area (Å²) in [5, 5.41) is 0. The van der Waals surface area contributed by atoms with E-state index in [9.17, 15) is 9.59 Å². The van der Waals surface area contributed by atoms with Gasteiger partial charge in [0, 0.05) is 18.2 Å². The molecule has 0 spiro atoms. The van der Waals surface area contributed by atoms with Crippen LogP contribution in [-0.4, -0.2) is 15.3 Å². The van der Waals surface area contributed by atoms with E-state index in [2.05, 4.69) is 4.98 Å². The molecule has 18 heavy (non-hydrogen) atoms. The molecule has 92 valence electrons. The second-order valence-electron chi connectivity index (χ2n) is 4.29. The van der Waals surface area contributed by atoms with Gasteiger partial charge in [0.05, 0.1) is 5.69 Å². The summed E-state index contributed by atoms with van der Waals surface area (Å²) in [7, 11) is 0. The average Bonchev–Trinajstić information content (AvgIpc) is 2.38. The molecule has 0 amide bonds. The SMILES string of the molecule is CC(C)C(=O)c1cccc(=O)n1-c1ccccn1. The predicted octanol–water partition coefficient (Wildman–Crippen LogP) is 2.07. The van der Waals surface area contributed by atoms with Gasteiger partial charge in [-0.15, -0.1) is 0 Å². The van der Waals surface area contributed by atoms with Crippen LogP contribution in [0.3, 0.4) is 0 Å². The Labute approximate surface area is 105 Å². The number of rotatable bonds is 3. The zero-order valence-electron chi connectivity index (χ0n) is 10.3. The largest absolute Gasteiger partial charge is 0.292 e. The number of pyridine rings is 2. The maximum Gasteiger partial charge on any atom is 0.256 e. The summed E-state index contributed by atoms with van der Waals surface area (Å²) < 4.78 is 1.35. The summed E-state index contributed by atoms with van der Waals surface area (Å²) in [5.41, 5.74) is 0.122. The lowest BCUT2D eigenvalue weighted by Gasteiger charge is -2.12. The summed E-state index contributed by atoms with van der Waals surface area (Å²) in [4.78, 5) is 28.2. The average molecular weight is 242 g/mol. The third-order valence-corrected chi connectivity index (χ3v) is 2.61. The quantitative estimate of drug-likeness (QED) is 0.774. The third kappa shape index (κ3) is 2.22. The minimum absolute atomic E-state index is 0.0710. The van der Waals surface area contributed by atoms with Crippen molar-refractivity contribution in [2.24, 2.45) is 5.92 Å². The molecule has 0 unspecified atom stereocenters. The molecule has 0 radical (unpaired) electrons. The van der Waals surface area contributed by atoms with Gasteiger partial charge in [0.2, 0.25) is 0 Å². The van der Waals surface area contributed by atoms with E-state index >= 15 is 0 Å². The number of ketones is 1. The lowest BCUT2D eigenvalue weighted by Crippen LogP contribution is -2.25. The molecule has 0 aromatic carbocycles. The molecule has 0 aliphatic heterocycles. The van der Waals surface area contributed by atoms with Gasteiger partial charge < -0.3 is 0 Å². The highest BCUT2D eigenvalue weighted by Crippen LogP contribution is 2.10. The van der Waals surface area contributed by atoms with Gasteiger partial charge in [-0.1, -0.05) is 26.0 Å². The monoisotopic (exact) mass is 242 g/mol. The van der Waals surface area contributed by atoms with Crippen LogP contribution in [0.4, 0.5) is 0 Å². The first-order valence-electron chi connectivity index (χ1n) is 5.79. The second kappa shape index (κ2) is 4.96. The standard InChI is InChI=1S/C14H14N2O2/c1-10(2)14(18)11-6-5-8-13(17)16(11)12-7-3-4-9-15-12/h3-10H,1-2H3. The topological polar surface area (TPSA) is 52.0 Å². The number of hydrogen-bond acceptors (Lipinski definition) is 3. The minimum Gasteiger partial charge on any atom is -0.292 e. The first-order chi connectivity index (χ1) is 8.61. The molecule has 4 nitrogen and oxygen atoms in total. The third-order valence-electron chi connectivity index (χ3n) is 2.61. The maximum absolute atomic E-state index is 12.1. The van der Waals surface area contributed by atoms with E-state index in [-0.39, 0.29) is 17.3 Å². The minimum atomic E-state index is -0.250. The summed E-state index contributed by atoms with van der Waals surface area (Å²) in [6, 6.07) is 9.92. The zero-order valence-corrected chi connectivity index (χ0v) is 10.3. The van der Waals surface area contributed by atoms with Crippen LogP contribution in [0.5, 0.6) is 0 Å². The zero-order chi connectivity index (χ0) is 13.1. The highest BCUT2D eigenvalue weighted by Gasteiger charge is 2.16. The van der Waals surface area contributed by atoms with Crippen molar-refractivity contribution in [3.63, 3.8) is 0 Å². The van der Waals surface area contributed by atoms with Crippen LogP contribution in [-0.2, 0) is 0 Å². The smallest absolute Gasteiger partial charge is 0.256 e. The normalized spacial score (nSPS) is 10.6. The lowest BCUT2D eigenvalue weighted by atomic mass is 10.1. The molecular formula is C14H14N2O2. The summed E-state index contributed by atoms with van der Waals surface area (Å²) in [6.45, 7) is 3.62. The van der Waals surface area contributed by atoms with Gasteiger partial charge in [0.15, 0.2) is 5.78 Å². The Morgan fingerprint density at radius 2 is 1.94 bits per heavy atom. The Bertz CT molecular complexity index is 615. The molecule has 2 aromatic rings. The Hall–Kier alpha value is -2.23. The second-order valence-corrected chi connectivity index (χ2v) is 4.29. The summed E-state index contributed by atoms with van der Waals surface area (Å²) >= 11 is 0. The molecule has 2 heterocycles. The molecule has 0 N–H and O–H groups in total. The molecule has 0 fully saturated rings.